The summed E-state index contributed by atoms with van der Waals surface area (Å²) in [6.07, 6.45) is 1.75. The molecule has 1 amide bonds. The van der Waals surface area contributed by atoms with E-state index in [2.05, 4.69) is 15.5 Å². The predicted molar refractivity (Wildman–Crippen MR) is 98.1 cm³/mol. The molecule has 8 heteroatoms. The predicted octanol–water partition coefficient (Wildman–Crippen LogP) is 2.40. The first-order valence-electron chi connectivity index (χ1n) is 7.70. The van der Waals surface area contributed by atoms with Crippen molar-refractivity contribution in [3.05, 3.63) is 46.5 Å². The number of carbonyl (C=O) groups is 2. The van der Waals surface area contributed by atoms with Crippen LogP contribution in [0.5, 0.6) is 0 Å². The molecule has 0 bridgehead atoms. The van der Waals surface area contributed by atoms with E-state index >= 15 is 0 Å². The van der Waals surface area contributed by atoms with Gasteiger partial charge in [-0.3, -0.25) is 15.0 Å². The van der Waals surface area contributed by atoms with Crippen molar-refractivity contribution in [2.75, 3.05) is 26.1 Å². The molecule has 1 aromatic carbocycles. The summed E-state index contributed by atoms with van der Waals surface area (Å²) in [5, 5.41) is 6.48. The molecule has 0 aliphatic rings. The van der Waals surface area contributed by atoms with Crippen LogP contribution in [0, 0.1) is 0 Å². The SMILES string of the molecule is CCOC(=O)Cc1csc(NN=Cc2cccc(C(=O)N(C)C)c2)n1. The first-order valence-corrected chi connectivity index (χ1v) is 8.58. The summed E-state index contributed by atoms with van der Waals surface area (Å²) in [7, 11) is 3.42. The van der Waals surface area contributed by atoms with Gasteiger partial charge >= 0.3 is 5.97 Å². The van der Waals surface area contributed by atoms with E-state index in [-0.39, 0.29) is 18.3 Å². The van der Waals surface area contributed by atoms with E-state index in [0.29, 0.717) is 23.0 Å². The van der Waals surface area contributed by atoms with Crippen molar-refractivity contribution in [2.45, 2.75) is 13.3 Å². The zero-order valence-corrected chi connectivity index (χ0v) is 15.2. The molecule has 0 saturated heterocycles. The van der Waals surface area contributed by atoms with Crippen molar-refractivity contribution in [2.24, 2.45) is 5.10 Å². The van der Waals surface area contributed by atoms with E-state index < -0.39 is 0 Å². The molecule has 0 spiro atoms. The largest absolute Gasteiger partial charge is 0.466 e. The van der Waals surface area contributed by atoms with Crippen LogP contribution in [-0.4, -0.2) is 48.7 Å². The van der Waals surface area contributed by atoms with Gasteiger partial charge in [-0.15, -0.1) is 11.3 Å². The third-order valence-electron chi connectivity index (χ3n) is 3.10. The summed E-state index contributed by atoms with van der Waals surface area (Å²) in [6, 6.07) is 7.18. The fraction of sp³-hybridized carbons (Fsp3) is 0.294. The van der Waals surface area contributed by atoms with Gasteiger partial charge in [0, 0.05) is 25.0 Å². The van der Waals surface area contributed by atoms with Gasteiger partial charge in [0.15, 0.2) is 0 Å². The minimum absolute atomic E-state index is 0.0632. The van der Waals surface area contributed by atoms with Crippen molar-refractivity contribution in [1.82, 2.24) is 9.88 Å². The molecule has 0 radical (unpaired) electrons. The second-order valence-electron chi connectivity index (χ2n) is 5.32. The van der Waals surface area contributed by atoms with E-state index in [4.69, 9.17) is 4.74 Å². The number of carbonyl (C=O) groups excluding carboxylic acids is 2. The number of hydrogen-bond donors (Lipinski definition) is 1. The summed E-state index contributed by atoms with van der Waals surface area (Å²) < 4.78 is 4.89. The van der Waals surface area contributed by atoms with E-state index in [1.165, 1.54) is 16.2 Å². The number of nitrogens with zero attached hydrogens (tertiary/aromatic N) is 3. The van der Waals surface area contributed by atoms with Crippen LogP contribution in [0.1, 0.15) is 28.5 Å². The highest BCUT2D eigenvalue weighted by Gasteiger charge is 2.08. The first-order chi connectivity index (χ1) is 12.0. The molecule has 7 nitrogen and oxygen atoms in total. The molecule has 0 fully saturated rings. The lowest BCUT2D eigenvalue weighted by Gasteiger charge is -2.10. The number of aromatic nitrogens is 1. The standard InChI is InChI=1S/C17H20N4O3S/c1-4-24-15(22)9-14-11-25-17(19-14)20-18-10-12-6-5-7-13(8-12)16(23)21(2)3/h5-8,10-11H,4,9H2,1-3H3,(H,19,20). The monoisotopic (exact) mass is 360 g/mol. The summed E-state index contributed by atoms with van der Waals surface area (Å²) in [5.41, 5.74) is 4.85. The lowest BCUT2D eigenvalue weighted by atomic mass is 10.1. The second kappa shape index (κ2) is 8.93. The molecule has 0 unspecified atom stereocenters. The average Bonchev–Trinajstić information content (AvgIpc) is 3.01. The normalized spacial score (nSPS) is 10.7. The third kappa shape index (κ3) is 5.68. The fourth-order valence-electron chi connectivity index (χ4n) is 1.97. The number of esters is 1. The smallest absolute Gasteiger partial charge is 0.311 e. The quantitative estimate of drug-likeness (QED) is 0.466. The lowest BCUT2D eigenvalue weighted by Crippen LogP contribution is -2.21. The molecular formula is C17H20N4O3S. The Kier molecular flexibility index (Phi) is 6.64. The van der Waals surface area contributed by atoms with Crippen molar-refractivity contribution in [1.29, 1.82) is 0 Å². The second-order valence-corrected chi connectivity index (χ2v) is 6.18. The third-order valence-corrected chi connectivity index (χ3v) is 3.89. The van der Waals surface area contributed by atoms with Crippen molar-refractivity contribution in [3.8, 4) is 0 Å². The van der Waals surface area contributed by atoms with Crippen molar-refractivity contribution >= 4 is 34.6 Å². The van der Waals surface area contributed by atoms with E-state index in [9.17, 15) is 9.59 Å². The minimum Gasteiger partial charge on any atom is -0.466 e. The van der Waals surface area contributed by atoms with Gasteiger partial charge in [0.25, 0.3) is 5.91 Å². The summed E-state index contributed by atoms with van der Waals surface area (Å²) in [4.78, 5) is 29.2. The van der Waals surface area contributed by atoms with E-state index in [0.717, 1.165) is 5.56 Å². The average molecular weight is 360 g/mol. The van der Waals surface area contributed by atoms with Crippen LogP contribution in [0.3, 0.4) is 0 Å². The fourth-order valence-corrected chi connectivity index (χ4v) is 2.63. The summed E-state index contributed by atoms with van der Waals surface area (Å²) >= 11 is 1.35. The number of nitrogens with one attached hydrogen (secondary N) is 1. The van der Waals surface area contributed by atoms with Crippen molar-refractivity contribution < 1.29 is 14.3 Å². The van der Waals surface area contributed by atoms with Crippen molar-refractivity contribution in [3.63, 3.8) is 0 Å². The van der Waals surface area contributed by atoms with Crippen LogP contribution in [0.25, 0.3) is 0 Å². The number of thiazole rings is 1. The Morgan fingerprint density at radius 2 is 2.20 bits per heavy atom. The Balaban J connectivity index is 1.95. The van der Waals surface area contributed by atoms with Gasteiger partial charge < -0.3 is 9.64 Å². The lowest BCUT2D eigenvalue weighted by molar-refractivity contribution is -0.142. The minimum atomic E-state index is -0.301. The Labute approximate surface area is 150 Å². The van der Waals surface area contributed by atoms with Gasteiger partial charge in [-0.05, 0) is 24.6 Å². The molecule has 0 aliphatic heterocycles. The number of benzene rings is 1. The van der Waals surface area contributed by atoms with Crippen LogP contribution in [0.2, 0.25) is 0 Å². The number of ether oxygens (including phenoxy) is 1. The van der Waals surface area contributed by atoms with Gasteiger partial charge in [-0.1, -0.05) is 12.1 Å². The zero-order chi connectivity index (χ0) is 18.2. The Morgan fingerprint density at radius 1 is 1.40 bits per heavy atom. The van der Waals surface area contributed by atoms with Gasteiger partial charge in [0.1, 0.15) is 0 Å². The van der Waals surface area contributed by atoms with E-state index in [1.807, 2.05) is 6.07 Å². The van der Waals surface area contributed by atoms with Crippen LogP contribution in [0.15, 0.2) is 34.7 Å². The highest BCUT2D eigenvalue weighted by molar-refractivity contribution is 7.13. The van der Waals surface area contributed by atoms with Crippen LogP contribution < -0.4 is 5.43 Å². The number of hydrogen-bond acceptors (Lipinski definition) is 7. The van der Waals surface area contributed by atoms with Gasteiger partial charge in [0.05, 0.1) is 24.9 Å². The molecule has 2 aromatic rings. The summed E-state index contributed by atoms with van der Waals surface area (Å²) in [6.45, 7) is 2.12. The number of rotatable bonds is 7. The highest BCUT2D eigenvalue weighted by atomic mass is 32.1. The molecule has 0 saturated carbocycles. The summed E-state index contributed by atoms with van der Waals surface area (Å²) in [5.74, 6) is -0.364. The van der Waals surface area contributed by atoms with Gasteiger partial charge in [-0.2, -0.15) is 5.10 Å². The van der Waals surface area contributed by atoms with Gasteiger partial charge in [-0.25, -0.2) is 4.98 Å². The van der Waals surface area contributed by atoms with Crippen LogP contribution in [0.4, 0.5) is 5.13 Å². The maximum Gasteiger partial charge on any atom is 0.311 e. The molecule has 0 aliphatic carbocycles. The molecule has 1 heterocycles. The molecule has 1 aromatic heterocycles. The molecular weight excluding hydrogens is 340 g/mol. The van der Waals surface area contributed by atoms with Gasteiger partial charge in [0.2, 0.25) is 5.13 Å². The molecule has 2 rings (SSSR count). The topological polar surface area (TPSA) is 83.9 Å². The Hall–Kier alpha value is -2.74. The Bertz CT molecular complexity index is 771. The molecule has 25 heavy (non-hydrogen) atoms. The maximum atomic E-state index is 11.9. The number of amides is 1. The number of anilines is 1. The van der Waals surface area contributed by atoms with E-state index in [1.54, 1.807) is 50.8 Å². The highest BCUT2D eigenvalue weighted by Crippen LogP contribution is 2.16. The van der Waals surface area contributed by atoms with Crippen LogP contribution in [-0.2, 0) is 16.0 Å². The first kappa shape index (κ1) is 18.6. The molecule has 0 atom stereocenters. The van der Waals surface area contributed by atoms with Crippen LogP contribution >= 0.6 is 11.3 Å². The zero-order valence-electron chi connectivity index (χ0n) is 14.4. The maximum absolute atomic E-state index is 11.9. The Morgan fingerprint density at radius 3 is 2.92 bits per heavy atom. The number of hydrazone groups is 1. The molecule has 1 N–H and O–H groups in total. The molecule has 132 valence electrons.